The first-order chi connectivity index (χ1) is 11.9. The number of nitrogens with zero attached hydrogens (tertiary/aromatic N) is 1. The van der Waals surface area contributed by atoms with Crippen molar-refractivity contribution in [3.05, 3.63) is 64.2 Å². The SMILES string of the molecule is Cc1ccc(CN2C[C@@H](C(=O)Nc3ccc(Cl)cc3C)CC2=O)cc1. The van der Waals surface area contributed by atoms with Crippen molar-refractivity contribution in [3.8, 4) is 0 Å². The Bertz CT molecular complexity index is 802. The number of amides is 2. The Morgan fingerprint density at radius 3 is 2.60 bits per heavy atom. The highest BCUT2D eigenvalue weighted by Gasteiger charge is 2.34. The number of carbonyl (C=O) groups excluding carboxylic acids is 2. The molecule has 0 bridgehead atoms. The first-order valence-electron chi connectivity index (χ1n) is 8.32. The van der Waals surface area contributed by atoms with Crippen LogP contribution in [0.15, 0.2) is 42.5 Å². The molecule has 130 valence electrons. The Morgan fingerprint density at radius 1 is 1.20 bits per heavy atom. The lowest BCUT2D eigenvalue weighted by molar-refractivity contribution is -0.128. The van der Waals surface area contributed by atoms with Crippen LogP contribution in [0.25, 0.3) is 0 Å². The monoisotopic (exact) mass is 356 g/mol. The number of likely N-dealkylation sites (tertiary alicyclic amines) is 1. The topological polar surface area (TPSA) is 49.4 Å². The Kier molecular flexibility index (Phi) is 5.09. The summed E-state index contributed by atoms with van der Waals surface area (Å²) in [6, 6.07) is 13.4. The molecule has 0 radical (unpaired) electrons. The van der Waals surface area contributed by atoms with Gasteiger partial charge in [0.25, 0.3) is 0 Å². The molecule has 2 aromatic carbocycles. The fraction of sp³-hybridized carbons (Fsp3) is 0.300. The smallest absolute Gasteiger partial charge is 0.229 e. The van der Waals surface area contributed by atoms with E-state index in [1.165, 1.54) is 5.56 Å². The second kappa shape index (κ2) is 7.28. The normalized spacial score (nSPS) is 17.0. The molecule has 0 spiro atoms. The molecule has 5 heteroatoms. The molecule has 0 aliphatic carbocycles. The van der Waals surface area contributed by atoms with Crippen LogP contribution in [0.4, 0.5) is 5.69 Å². The van der Waals surface area contributed by atoms with Crippen LogP contribution in [0.5, 0.6) is 0 Å². The number of benzene rings is 2. The predicted molar refractivity (Wildman–Crippen MR) is 99.5 cm³/mol. The van der Waals surface area contributed by atoms with Gasteiger partial charge in [-0.25, -0.2) is 0 Å². The number of halogens is 1. The summed E-state index contributed by atoms with van der Waals surface area (Å²) in [4.78, 5) is 26.5. The van der Waals surface area contributed by atoms with E-state index in [9.17, 15) is 9.59 Å². The van der Waals surface area contributed by atoms with Gasteiger partial charge in [0.2, 0.25) is 11.8 Å². The maximum atomic E-state index is 12.5. The molecular weight excluding hydrogens is 336 g/mol. The summed E-state index contributed by atoms with van der Waals surface area (Å²) in [6.45, 7) is 4.92. The molecule has 4 nitrogen and oxygen atoms in total. The minimum atomic E-state index is -0.326. The minimum Gasteiger partial charge on any atom is -0.338 e. The number of rotatable bonds is 4. The average molecular weight is 357 g/mol. The summed E-state index contributed by atoms with van der Waals surface area (Å²) in [6.07, 6.45) is 0.254. The van der Waals surface area contributed by atoms with Gasteiger partial charge in [-0.3, -0.25) is 9.59 Å². The Hall–Kier alpha value is -2.33. The van der Waals surface area contributed by atoms with Crippen molar-refractivity contribution in [3.63, 3.8) is 0 Å². The average Bonchev–Trinajstić information content (AvgIpc) is 2.93. The van der Waals surface area contributed by atoms with Crippen LogP contribution in [0, 0.1) is 19.8 Å². The van der Waals surface area contributed by atoms with E-state index in [2.05, 4.69) is 5.32 Å². The van der Waals surface area contributed by atoms with Crippen molar-refractivity contribution in [2.24, 2.45) is 5.92 Å². The van der Waals surface area contributed by atoms with E-state index >= 15 is 0 Å². The van der Waals surface area contributed by atoms with E-state index < -0.39 is 0 Å². The van der Waals surface area contributed by atoms with E-state index in [1.807, 2.05) is 38.1 Å². The molecule has 1 N–H and O–H groups in total. The van der Waals surface area contributed by atoms with Gasteiger partial charge in [-0.15, -0.1) is 0 Å². The molecular formula is C20H21ClN2O2. The van der Waals surface area contributed by atoms with Crippen LogP contribution in [0.3, 0.4) is 0 Å². The quantitative estimate of drug-likeness (QED) is 0.901. The zero-order valence-electron chi connectivity index (χ0n) is 14.4. The van der Waals surface area contributed by atoms with Gasteiger partial charge < -0.3 is 10.2 Å². The third kappa shape index (κ3) is 4.20. The van der Waals surface area contributed by atoms with Gasteiger partial charge in [-0.1, -0.05) is 41.4 Å². The highest BCUT2D eigenvalue weighted by Crippen LogP contribution is 2.24. The first kappa shape index (κ1) is 17.5. The van der Waals surface area contributed by atoms with Crippen LogP contribution in [0.1, 0.15) is 23.1 Å². The van der Waals surface area contributed by atoms with Crippen LogP contribution in [0.2, 0.25) is 5.02 Å². The third-order valence-electron chi connectivity index (χ3n) is 4.53. The lowest BCUT2D eigenvalue weighted by Crippen LogP contribution is -2.28. The second-order valence-electron chi connectivity index (χ2n) is 6.61. The third-order valence-corrected chi connectivity index (χ3v) is 4.76. The number of anilines is 1. The maximum absolute atomic E-state index is 12.5. The molecule has 1 aliphatic heterocycles. The van der Waals surface area contributed by atoms with Gasteiger partial charge in [-0.2, -0.15) is 0 Å². The fourth-order valence-electron chi connectivity index (χ4n) is 3.02. The molecule has 1 saturated heterocycles. The van der Waals surface area contributed by atoms with Crippen LogP contribution in [-0.2, 0) is 16.1 Å². The molecule has 2 aromatic rings. The molecule has 1 atom stereocenters. The maximum Gasteiger partial charge on any atom is 0.229 e. The predicted octanol–water partition coefficient (Wildman–Crippen LogP) is 3.94. The molecule has 0 aromatic heterocycles. The summed E-state index contributed by atoms with van der Waals surface area (Å²) in [5.74, 6) is -0.424. The van der Waals surface area contributed by atoms with Gasteiger partial charge in [0.1, 0.15) is 0 Å². The summed E-state index contributed by atoms with van der Waals surface area (Å²) < 4.78 is 0. The van der Waals surface area contributed by atoms with Gasteiger partial charge in [0.15, 0.2) is 0 Å². The van der Waals surface area contributed by atoms with E-state index in [-0.39, 0.29) is 24.2 Å². The summed E-state index contributed by atoms with van der Waals surface area (Å²) >= 11 is 5.94. The zero-order valence-corrected chi connectivity index (χ0v) is 15.1. The fourth-order valence-corrected chi connectivity index (χ4v) is 3.24. The summed E-state index contributed by atoms with van der Waals surface area (Å²) in [7, 11) is 0. The van der Waals surface area contributed by atoms with E-state index in [0.29, 0.717) is 18.1 Å². The molecule has 2 amide bonds. The van der Waals surface area contributed by atoms with E-state index in [4.69, 9.17) is 11.6 Å². The van der Waals surface area contributed by atoms with Crippen LogP contribution >= 0.6 is 11.6 Å². The summed E-state index contributed by atoms with van der Waals surface area (Å²) in [5, 5.41) is 3.55. The number of hydrogen-bond acceptors (Lipinski definition) is 2. The molecule has 1 fully saturated rings. The molecule has 1 aliphatic rings. The largest absolute Gasteiger partial charge is 0.338 e. The Labute approximate surface area is 152 Å². The highest BCUT2D eigenvalue weighted by molar-refractivity contribution is 6.30. The van der Waals surface area contributed by atoms with Crippen LogP contribution < -0.4 is 5.32 Å². The lowest BCUT2D eigenvalue weighted by Gasteiger charge is -2.17. The van der Waals surface area contributed by atoms with E-state index in [0.717, 1.165) is 16.8 Å². The van der Waals surface area contributed by atoms with Crippen molar-refractivity contribution >= 4 is 29.1 Å². The van der Waals surface area contributed by atoms with Gasteiger partial charge in [-0.05, 0) is 43.2 Å². The lowest BCUT2D eigenvalue weighted by atomic mass is 10.1. The number of nitrogens with one attached hydrogen (secondary N) is 1. The zero-order chi connectivity index (χ0) is 18.0. The van der Waals surface area contributed by atoms with Gasteiger partial charge >= 0.3 is 0 Å². The van der Waals surface area contributed by atoms with Crippen molar-refractivity contribution in [2.75, 3.05) is 11.9 Å². The van der Waals surface area contributed by atoms with Crippen LogP contribution in [-0.4, -0.2) is 23.3 Å². The minimum absolute atomic E-state index is 0.0218. The summed E-state index contributed by atoms with van der Waals surface area (Å²) in [5.41, 5.74) is 3.90. The van der Waals surface area contributed by atoms with Crippen molar-refractivity contribution < 1.29 is 9.59 Å². The van der Waals surface area contributed by atoms with Gasteiger partial charge in [0, 0.05) is 30.2 Å². The molecule has 25 heavy (non-hydrogen) atoms. The Balaban J connectivity index is 1.63. The Morgan fingerprint density at radius 2 is 1.92 bits per heavy atom. The second-order valence-corrected chi connectivity index (χ2v) is 7.05. The molecule has 0 saturated carbocycles. The number of aryl methyl sites for hydroxylation is 2. The molecule has 1 heterocycles. The molecule has 0 unspecified atom stereocenters. The standard InChI is InChI=1S/C20H21ClN2O2/c1-13-3-5-15(6-4-13)11-23-12-16(10-19(23)24)20(25)22-18-8-7-17(21)9-14(18)2/h3-9,16H,10-12H2,1-2H3,(H,22,25)/t16-/m0/s1. The van der Waals surface area contributed by atoms with Crippen molar-refractivity contribution in [1.82, 2.24) is 4.90 Å². The van der Waals surface area contributed by atoms with E-state index in [1.54, 1.807) is 23.1 Å². The molecule has 3 rings (SSSR count). The van der Waals surface area contributed by atoms with Crippen molar-refractivity contribution in [1.29, 1.82) is 0 Å². The highest BCUT2D eigenvalue weighted by atomic mass is 35.5. The first-order valence-corrected chi connectivity index (χ1v) is 8.70. The number of carbonyl (C=O) groups is 2. The van der Waals surface area contributed by atoms with Gasteiger partial charge in [0.05, 0.1) is 5.92 Å². The van der Waals surface area contributed by atoms with Crippen molar-refractivity contribution in [2.45, 2.75) is 26.8 Å². The number of hydrogen-bond donors (Lipinski definition) is 1.